The van der Waals surface area contributed by atoms with E-state index in [4.69, 9.17) is 9.47 Å². The standard InChI is InChI=1S/C27H44N2O6/c1-8-14-29(26(6,7)17-25(3,4)5)23(32)21-27-13-12-18(35-27)19(24(33)34-9-2)20(27)22(31)28(21)15-10-11-16-30/h8,18-21,30H,1,9-17H2,2-7H3/t18-,19+,20+,21-,27+/m0/s1. The summed E-state index contributed by atoms with van der Waals surface area (Å²) in [5.74, 6) is -2.21. The van der Waals surface area contributed by atoms with Crippen molar-refractivity contribution in [1.82, 2.24) is 9.80 Å². The molecular weight excluding hydrogens is 448 g/mol. The molecule has 8 heteroatoms. The first-order valence-corrected chi connectivity index (χ1v) is 13.0. The molecule has 8 nitrogen and oxygen atoms in total. The molecule has 0 aromatic heterocycles. The Morgan fingerprint density at radius 1 is 1.29 bits per heavy atom. The quantitative estimate of drug-likeness (QED) is 0.271. The number of fused-ring (bicyclic) bond motifs is 1. The number of carbonyl (C=O) groups excluding carboxylic acids is 3. The first kappa shape index (κ1) is 27.7. The number of amides is 2. The van der Waals surface area contributed by atoms with Crippen LogP contribution in [0.4, 0.5) is 0 Å². The maximum absolute atomic E-state index is 14.4. The Kier molecular flexibility index (Phi) is 8.07. The number of aliphatic hydroxyl groups is 1. The van der Waals surface area contributed by atoms with E-state index in [0.29, 0.717) is 38.8 Å². The summed E-state index contributed by atoms with van der Waals surface area (Å²) < 4.78 is 11.8. The minimum absolute atomic E-state index is 0.0143. The van der Waals surface area contributed by atoms with Crippen molar-refractivity contribution in [2.24, 2.45) is 17.3 Å². The van der Waals surface area contributed by atoms with Gasteiger partial charge in [0.15, 0.2) is 0 Å². The molecule has 0 aromatic rings. The van der Waals surface area contributed by atoms with E-state index in [1.54, 1.807) is 17.9 Å². The van der Waals surface area contributed by atoms with Gasteiger partial charge in [-0.2, -0.15) is 0 Å². The van der Waals surface area contributed by atoms with Gasteiger partial charge in [0.25, 0.3) is 0 Å². The zero-order chi connectivity index (χ0) is 26.2. The van der Waals surface area contributed by atoms with E-state index in [1.165, 1.54) is 0 Å². The molecule has 3 aliphatic rings. The molecule has 3 saturated heterocycles. The Morgan fingerprint density at radius 2 is 1.97 bits per heavy atom. The minimum atomic E-state index is -1.04. The lowest BCUT2D eigenvalue weighted by atomic mass is 9.70. The normalized spacial score (nSPS) is 29.9. The lowest BCUT2D eigenvalue weighted by Crippen LogP contribution is -2.61. The minimum Gasteiger partial charge on any atom is -0.466 e. The molecule has 0 aromatic carbocycles. The van der Waals surface area contributed by atoms with E-state index >= 15 is 0 Å². The lowest BCUT2D eigenvalue weighted by Gasteiger charge is -2.45. The van der Waals surface area contributed by atoms with Crippen molar-refractivity contribution < 1.29 is 29.0 Å². The maximum Gasteiger partial charge on any atom is 0.312 e. The molecule has 1 N–H and O–H groups in total. The van der Waals surface area contributed by atoms with E-state index in [0.717, 1.165) is 6.42 Å². The average Bonchev–Trinajstić information content (AvgIpc) is 3.38. The maximum atomic E-state index is 14.4. The number of hydrogen-bond acceptors (Lipinski definition) is 6. The van der Waals surface area contributed by atoms with Gasteiger partial charge in [-0.05, 0) is 58.3 Å². The summed E-state index contributed by atoms with van der Waals surface area (Å²) in [4.78, 5) is 44.6. The fourth-order valence-electron chi connectivity index (χ4n) is 6.88. The zero-order valence-electron chi connectivity index (χ0n) is 22.3. The van der Waals surface area contributed by atoms with Crippen LogP contribution in [-0.4, -0.2) is 82.3 Å². The molecule has 3 heterocycles. The van der Waals surface area contributed by atoms with Gasteiger partial charge in [-0.25, -0.2) is 0 Å². The summed E-state index contributed by atoms with van der Waals surface area (Å²) in [6, 6.07) is -0.817. The molecule has 2 amide bonds. The van der Waals surface area contributed by atoms with E-state index in [2.05, 4.69) is 41.2 Å². The topological polar surface area (TPSA) is 96.4 Å². The highest BCUT2D eigenvalue weighted by molar-refractivity contribution is 5.98. The summed E-state index contributed by atoms with van der Waals surface area (Å²) >= 11 is 0. The number of unbranched alkanes of at least 4 members (excludes halogenated alkanes) is 1. The van der Waals surface area contributed by atoms with Crippen molar-refractivity contribution in [3.8, 4) is 0 Å². The fraction of sp³-hybridized carbons (Fsp3) is 0.815. The fourth-order valence-corrected chi connectivity index (χ4v) is 6.88. The number of nitrogens with zero attached hydrogens (tertiary/aromatic N) is 2. The molecule has 0 unspecified atom stereocenters. The molecule has 3 rings (SSSR count). The summed E-state index contributed by atoms with van der Waals surface area (Å²) in [6.07, 6.45) is 4.34. The molecule has 2 bridgehead atoms. The van der Waals surface area contributed by atoms with Crippen LogP contribution in [0.1, 0.15) is 73.6 Å². The van der Waals surface area contributed by atoms with Crippen LogP contribution >= 0.6 is 0 Å². The summed E-state index contributed by atoms with van der Waals surface area (Å²) in [5.41, 5.74) is -1.55. The summed E-state index contributed by atoms with van der Waals surface area (Å²) in [5, 5.41) is 9.32. The number of rotatable bonds is 11. The third-order valence-electron chi connectivity index (χ3n) is 7.67. The second-order valence-corrected chi connectivity index (χ2v) is 12.1. The van der Waals surface area contributed by atoms with Crippen molar-refractivity contribution >= 4 is 17.8 Å². The summed E-state index contributed by atoms with van der Waals surface area (Å²) in [7, 11) is 0. The van der Waals surface area contributed by atoms with Crippen molar-refractivity contribution in [3.63, 3.8) is 0 Å². The van der Waals surface area contributed by atoms with Gasteiger partial charge in [-0.3, -0.25) is 14.4 Å². The van der Waals surface area contributed by atoms with Gasteiger partial charge in [-0.1, -0.05) is 26.8 Å². The molecule has 5 atom stereocenters. The van der Waals surface area contributed by atoms with Crippen molar-refractivity contribution in [1.29, 1.82) is 0 Å². The van der Waals surface area contributed by atoms with Gasteiger partial charge in [0, 0.05) is 25.2 Å². The molecule has 1 spiro atoms. The summed E-state index contributed by atoms with van der Waals surface area (Å²) in [6.45, 7) is 17.1. The third-order valence-corrected chi connectivity index (χ3v) is 7.67. The van der Waals surface area contributed by atoms with E-state index < -0.39 is 41.1 Å². The molecule has 35 heavy (non-hydrogen) atoms. The van der Waals surface area contributed by atoms with Gasteiger partial charge in [0.1, 0.15) is 11.6 Å². The molecular formula is C27H44N2O6. The van der Waals surface area contributed by atoms with Crippen LogP contribution in [0.3, 0.4) is 0 Å². The van der Waals surface area contributed by atoms with E-state index in [-0.39, 0.29) is 30.4 Å². The third kappa shape index (κ3) is 5.01. The number of carbonyl (C=O) groups is 3. The average molecular weight is 493 g/mol. The van der Waals surface area contributed by atoms with E-state index in [1.807, 2.05) is 4.90 Å². The van der Waals surface area contributed by atoms with Crippen molar-refractivity contribution in [2.75, 3.05) is 26.3 Å². The zero-order valence-corrected chi connectivity index (χ0v) is 22.3. The Bertz CT molecular complexity index is 834. The lowest BCUT2D eigenvalue weighted by molar-refractivity contribution is -0.155. The number of likely N-dealkylation sites (tertiary alicyclic amines) is 1. The van der Waals surface area contributed by atoms with Gasteiger partial charge < -0.3 is 24.4 Å². The SMILES string of the molecule is C=CCN(C(=O)[C@@H]1N(CCCCO)C(=O)[C@H]2[C@H](C(=O)OCC)[C@@H]3CC[C@]12O3)C(C)(C)CC(C)(C)C. The largest absolute Gasteiger partial charge is 0.466 e. The van der Waals surface area contributed by atoms with Crippen molar-refractivity contribution in [3.05, 3.63) is 12.7 Å². The van der Waals surface area contributed by atoms with Crippen LogP contribution in [0, 0.1) is 17.3 Å². The smallest absolute Gasteiger partial charge is 0.312 e. The highest BCUT2D eigenvalue weighted by atomic mass is 16.6. The Labute approximate surface area is 210 Å². The van der Waals surface area contributed by atoms with E-state index in [9.17, 15) is 19.5 Å². The Morgan fingerprint density at radius 3 is 2.54 bits per heavy atom. The molecule has 0 saturated carbocycles. The van der Waals surface area contributed by atoms with Crippen LogP contribution in [-0.2, 0) is 23.9 Å². The number of hydrogen-bond donors (Lipinski definition) is 1. The monoisotopic (exact) mass is 492 g/mol. The first-order valence-electron chi connectivity index (χ1n) is 13.0. The van der Waals surface area contributed by atoms with Crippen LogP contribution in [0.2, 0.25) is 0 Å². The predicted octanol–water partition coefficient (Wildman–Crippen LogP) is 2.93. The second-order valence-electron chi connectivity index (χ2n) is 12.1. The first-order chi connectivity index (χ1) is 16.3. The van der Waals surface area contributed by atoms with Crippen LogP contribution in [0.25, 0.3) is 0 Å². The Balaban J connectivity index is 2.04. The van der Waals surface area contributed by atoms with Gasteiger partial charge in [0.05, 0.1) is 24.5 Å². The highest BCUT2D eigenvalue weighted by Crippen LogP contribution is 2.59. The molecule has 0 aliphatic carbocycles. The van der Waals surface area contributed by atoms with Crippen LogP contribution in [0.15, 0.2) is 12.7 Å². The number of esters is 1. The molecule has 3 fully saturated rings. The molecule has 3 aliphatic heterocycles. The van der Waals surface area contributed by atoms with Gasteiger partial charge >= 0.3 is 5.97 Å². The highest BCUT2D eigenvalue weighted by Gasteiger charge is 2.75. The van der Waals surface area contributed by atoms with Crippen LogP contribution < -0.4 is 0 Å². The molecule has 0 radical (unpaired) electrons. The van der Waals surface area contributed by atoms with Crippen molar-refractivity contribution in [2.45, 2.75) is 96.9 Å². The molecule has 198 valence electrons. The Hall–Kier alpha value is -1.93. The second kappa shape index (κ2) is 10.2. The predicted molar refractivity (Wildman–Crippen MR) is 132 cm³/mol. The number of ether oxygens (including phenoxy) is 2. The van der Waals surface area contributed by atoms with Gasteiger partial charge in [0.2, 0.25) is 11.8 Å². The van der Waals surface area contributed by atoms with Gasteiger partial charge in [-0.15, -0.1) is 6.58 Å². The van der Waals surface area contributed by atoms with Crippen LogP contribution in [0.5, 0.6) is 0 Å². The number of aliphatic hydroxyl groups excluding tert-OH is 1.